The molecule has 0 aromatic heterocycles. The summed E-state index contributed by atoms with van der Waals surface area (Å²) >= 11 is 7.66. The van der Waals surface area contributed by atoms with Crippen molar-refractivity contribution >= 4 is 40.9 Å². The number of carbonyl (C=O) groups excluding carboxylic acids is 2. The molecule has 0 fully saturated rings. The highest BCUT2D eigenvalue weighted by atomic mass is 35.5. The molecular formula is C18H19ClN2O2S. The van der Waals surface area contributed by atoms with Crippen LogP contribution in [0.5, 0.6) is 0 Å². The Morgan fingerprint density at radius 3 is 2.42 bits per heavy atom. The fraction of sp³-hybridized carbons (Fsp3) is 0.222. The maximum absolute atomic E-state index is 12.6. The minimum atomic E-state index is -0.299. The van der Waals surface area contributed by atoms with E-state index in [-0.39, 0.29) is 11.8 Å². The van der Waals surface area contributed by atoms with Crippen LogP contribution in [0.15, 0.2) is 47.4 Å². The van der Waals surface area contributed by atoms with E-state index in [9.17, 15) is 9.59 Å². The normalized spacial score (nSPS) is 10.5. The first-order chi connectivity index (χ1) is 11.4. The number of anilines is 1. The van der Waals surface area contributed by atoms with Crippen LogP contribution < -0.4 is 10.6 Å². The Bertz CT molecular complexity index is 762. The van der Waals surface area contributed by atoms with Crippen LogP contribution in [0.3, 0.4) is 0 Å². The highest BCUT2D eigenvalue weighted by molar-refractivity contribution is 8.00. The molecule has 126 valence electrons. The molecule has 2 aromatic carbocycles. The number of benzene rings is 2. The van der Waals surface area contributed by atoms with Gasteiger partial charge >= 0.3 is 0 Å². The van der Waals surface area contributed by atoms with Crippen molar-refractivity contribution in [2.75, 3.05) is 12.4 Å². The van der Waals surface area contributed by atoms with Gasteiger partial charge in [0.1, 0.15) is 0 Å². The lowest BCUT2D eigenvalue weighted by Gasteiger charge is -2.12. The Kier molecular flexibility index (Phi) is 6.29. The first kappa shape index (κ1) is 18.4. The van der Waals surface area contributed by atoms with Crippen molar-refractivity contribution in [1.82, 2.24) is 5.32 Å². The van der Waals surface area contributed by atoms with E-state index in [1.54, 1.807) is 36.0 Å². The molecule has 2 amide bonds. The van der Waals surface area contributed by atoms with Gasteiger partial charge in [0.15, 0.2) is 0 Å². The molecule has 4 nitrogen and oxygen atoms in total. The summed E-state index contributed by atoms with van der Waals surface area (Å²) in [6, 6.07) is 12.3. The molecule has 0 spiro atoms. The van der Waals surface area contributed by atoms with E-state index in [0.717, 1.165) is 4.90 Å². The van der Waals surface area contributed by atoms with Gasteiger partial charge in [-0.25, -0.2) is 0 Å². The maximum Gasteiger partial charge on any atom is 0.256 e. The molecule has 0 aliphatic carbocycles. The van der Waals surface area contributed by atoms with Gasteiger partial charge in [-0.15, -0.1) is 11.8 Å². The molecule has 0 aliphatic heterocycles. The van der Waals surface area contributed by atoms with Crippen LogP contribution in [-0.2, 0) is 0 Å². The molecule has 0 saturated carbocycles. The molecule has 6 heteroatoms. The Hall–Kier alpha value is -1.98. The van der Waals surface area contributed by atoms with Crippen molar-refractivity contribution in [3.05, 3.63) is 58.6 Å². The Labute approximate surface area is 151 Å². The number of rotatable bonds is 5. The summed E-state index contributed by atoms with van der Waals surface area (Å²) in [6.07, 6.45) is 0. The fourth-order valence-corrected chi connectivity index (χ4v) is 3.28. The zero-order chi connectivity index (χ0) is 17.7. The third-order valence-electron chi connectivity index (χ3n) is 3.19. The Balaban J connectivity index is 2.26. The topological polar surface area (TPSA) is 58.2 Å². The van der Waals surface area contributed by atoms with E-state index in [0.29, 0.717) is 27.1 Å². The zero-order valence-electron chi connectivity index (χ0n) is 13.7. The third kappa shape index (κ3) is 4.52. The van der Waals surface area contributed by atoms with Gasteiger partial charge < -0.3 is 10.6 Å². The lowest BCUT2D eigenvalue weighted by molar-refractivity contribution is 0.0961. The predicted molar refractivity (Wildman–Crippen MR) is 100 cm³/mol. The van der Waals surface area contributed by atoms with Crippen LogP contribution in [-0.4, -0.2) is 24.1 Å². The van der Waals surface area contributed by atoms with Gasteiger partial charge in [-0.05, 0) is 30.3 Å². The van der Waals surface area contributed by atoms with Gasteiger partial charge in [0.05, 0.1) is 16.1 Å². The fourth-order valence-electron chi connectivity index (χ4n) is 2.12. The second-order valence-corrected chi connectivity index (χ2v) is 7.42. The number of hydrogen-bond acceptors (Lipinski definition) is 3. The van der Waals surface area contributed by atoms with Crippen LogP contribution in [0, 0.1) is 0 Å². The molecule has 0 heterocycles. The summed E-state index contributed by atoms with van der Waals surface area (Å²) in [7, 11) is 1.53. The van der Waals surface area contributed by atoms with Gasteiger partial charge in [-0.2, -0.15) is 0 Å². The number of halogens is 1. The molecule has 2 aromatic rings. The van der Waals surface area contributed by atoms with Gasteiger partial charge in [0.2, 0.25) is 0 Å². The predicted octanol–water partition coefficient (Wildman–Crippen LogP) is 4.45. The molecule has 2 N–H and O–H groups in total. The first-order valence-corrected chi connectivity index (χ1v) is 8.76. The van der Waals surface area contributed by atoms with Crippen LogP contribution in [0.25, 0.3) is 0 Å². The molecular weight excluding hydrogens is 344 g/mol. The molecule has 0 unspecified atom stereocenters. The van der Waals surface area contributed by atoms with Crippen molar-refractivity contribution in [1.29, 1.82) is 0 Å². The van der Waals surface area contributed by atoms with Crippen molar-refractivity contribution in [2.24, 2.45) is 0 Å². The minimum absolute atomic E-state index is 0.219. The van der Waals surface area contributed by atoms with Gasteiger partial charge in [-0.3, -0.25) is 9.59 Å². The summed E-state index contributed by atoms with van der Waals surface area (Å²) in [5, 5.41) is 6.06. The van der Waals surface area contributed by atoms with E-state index in [4.69, 9.17) is 11.6 Å². The Morgan fingerprint density at radius 2 is 1.75 bits per heavy atom. The van der Waals surface area contributed by atoms with E-state index >= 15 is 0 Å². The average Bonchev–Trinajstić information content (AvgIpc) is 2.55. The molecule has 2 rings (SSSR count). The summed E-state index contributed by atoms with van der Waals surface area (Å²) in [5.74, 6) is -0.518. The number of hydrogen-bond donors (Lipinski definition) is 2. The summed E-state index contributed by atoms with van der Waals surface area (Å²) in [6.45, 7) is 4.16. The lowest BCUT2D eigenvalue weighted by atomic mass is 10.1. The quantitative estimate of drug-likeness (QED) is 0.772. The number of nitrogens with one attached hydrogen (secondary N) is 2. The number of carbonyl (C=O) groups is 2. The SMILES string of the molecule is CNC(=O)c1cc(NC(=O)c2ccccc2SC(C)C)ccc1Cl. The molecule has 0 bridgehead atoms. The molecule has 0 atom stereocenters. The van der Waals surface area contributed by atoms with Crippen LogP contribution in [0.4, 0.5) is 5.69 Å². The van der Waals surface area contributed by atoms with Gasteiger partial charge in [0, 0.05) is 22.9 Å². The summed E-state index contributed by atoms with van der Waals surface area (Å²) in [5.41, 5.74) is 1.45. The lowest BCUT2D eigenvalue weighted by Crippen LogP contribution is -2.19. The van der Waals surface area contributed by atoms with E-state index < -0.39 is 0 Å². The highest BCUT2D eigenvalue weighted by Gasteiger charge is 2.15. The van der Waals surface area contributed by atoms with E-state index in [2.05, 4.69) is 24.5 Å². The largest absolute Gasteiger partial charge is 0.355 e. The third-order valence-corrected chi connectivity index (χ3v) is 4.60. The molecule has 24 heavy (non-hydrogen) atoms. The van der Waals surface area contributed by atoms with Crippen molar-refractivity contribution in [3.63, 3.8) is 0 Å². The van der Waals surface area contributed by atoms with Gasteiger partial charge in [-0.1, -0.05) is 37.6 Å². The smallest absolute Gasteiger partial charge is 0.256 e. The maximum atomic E-state index is 12.6. The van der Waals surface area contributed by atoms with Crippen LogP contribution in [0.1, 0.15) is 34.6 Å². The second kappa shape index (κ2) is 8.22. The van der Waals surface area contributed by atoms with Gasteiger partial charge in [0.25, 0.3) is 11.8 Å². The minimum Gasteiger partial charge on any atom is -0.355 e. The average molecular weight is 363 g/mol. The molecule has 0 aliphatic rings. The van der Waals surface area contributed by atoms with Crippen molar-refractivity contribution in [2.45, 2.75) is 24.0 Å². The molecule has 0 saturated heterocycles. The van der Waals surface area contributed by atoms with E-state index in [1.165, 1.54) is 7.05 Å². The number of thioether (sulfide) groups is 1. The van der Waals surface area contributed by atoms with Crippen LogP contribution in [0.2, 0.25) is 5.02 Å². The zero-order valence-corrected chi connectivity index (χ0v) is 15.3. The summed E-state index contributed by atoms with van der Waals surface area (Å²) < 4.78 is 0. The summed E-state index contributed by atoms with van der Waals surface area (Å²) in [4.78, 5) is 25.3. The van der Waals surface area contributed by atoms with Crippen molar-refractivity contribution in [3.8, 4) is 0 Å². The van der Waals surface area contributed by atoms with Crippen molar-refractivity contribution < 1.29 is 9.59 Å². The Morgan fingerprint density at radius 1 is 1.04 bits per heavy atom. The first-order valence-electron chi connectivity index (χ1n) is 7.51. The second-order valence-electron chi connectivity index (χ2n) is 5.39. The van der Waals surface area contributed by atoms with E-state index in [1.807, 2.05) is 18.2 Å². The molecule has 0 radical (unpaired) electrons. The number of amides is 2. The van der Waals surface area contributed by atoms with Crippen LogP contribution >= 0.6 is 23.4 Å². The highest BCUT2D eigenvalue weighted by Crippen LogP contribution is 2.27. The standard InChI is InChI=1S/C18H19ClN2O2S/c1-11(2)24-16-7-5-4-6-13(16)18(23)21-12-8-9-15(19)14(10-12)17(22)20-3/h4-11H,1-3H3,(H,20,22)(H,21,23). The monoisotopic (exact) mass is 362 g/mol.